The van der Waals surface area contributed by atoms with E-state index >= 15 is 0 Å². The smallest absolute Gasteiger partial charge is 0.348 e. The fraction of sp³-hybridized carbons (Fsp3) is 0.200. The van der Waals surface area contributed by atoms with Gasteiger partial charge in [-0.3, -0.25) is 0 Å². The van der Waals surface area contributed by atoms with E-state index in [1.54, 1.807) is 26.2 Å². The van der Waals surface area contributed by atoms with Gasteiger partial charge in [0.25, 0.3) is 0 Å². The van der Waals surface area contributed by atoms with E-state index in [9.17, 15) is 9.59 Å². The lowest BCUT2D eigenvalue weighted by Gasteiger charge is -2.20. The first-order chi connectivity index (χ1) is 15.1. The zero-order valence-corrected chi connectivity index (χ0v) is 17.1. The number of esters is 1. The van der Waals surface area contributed by atoms with Gasteiger partial charge < -0.3 is 18.6 Å². The van der Waals surface area contributed by atoms with Gasteiger partial charge in [0.1, 0.15) is 17.1 Å². The van der Waals surface area contributed by atoms with Crippen LogP contribution in [0.5, 0.6) is 11.5 Å². The summed E-state index contributed by atoms with van der Waals surface area (Å²) in [5.41, 5.74) is 0.988. The number of hydrogen-bond donors (Lipinski definition) is 0. The van der Waals surface area contributed by atoms with Gasteiger partial charge in [0.05, 0.1) is 30.6 Å². The number of para-hydroxylation sites is 1. The van der Waals surface area contributed by atoms with Crippen molar-refractivity contribution >= 4 is 27.7 Å². The molecule has 0 radical (unpaired) electrons. The zero-order valence-electron chi connectivity index (χ0n) is 17.1. The van der Waals surface area contributed by atoms with Gasteiger partial charge in [0.2, 0.25) is 6.10 Å². The van der Waals surface area contributed by atoms with Crippen LogP contribution in [0, 0.1) is 0 Å². The van der Waals surface area contributed by atoms with E-state index in [0.29, 0.717) is 28.0 Å². The predicted octanol–water partition coefficient (Wildman–Crippen LogP) is 4.41. The SMILES string of the molecule is CCOC(=O)[C@@H]1Oc2c(c(=O)oc3ccccc23)[C@@H]1c1ccc(OC)c2ccccc12. The lowest BCUT2D eigenvalue weighted by atomic mass is 9.85. The molecule has 0 amide bonds. The molecule has 5 rings (SSSR count). The summed E-state index contributed by atoms with van der Waals surface area (Å²) in [6.45, 7) is 1.95. The number of methoxy groups -OCH3 is 1. The summed E-state index contributed by atoms with van der Waals surface area (Å²) >= 11 is 0. The molecule has 0 saturated heterocycles. The van der Waals surface area contributed by atoms with Crippen LogP contribution in [0.3, 0.4) is 0 Å². The van der Waals surface area contributed by atoms with Gasteiger partial charge >= 0.3 is 11.6 Å². The highest BCUT2D eigenvalue weighted by Crippen LogP contribution is 2.47. The number of hydrogen-bond acceptors (Lipinski definition) is 6. The van der Waals surface area contributed by atoms with Crippen LogP contribution in [0.2, 0.25) is 0 Å². The van der Waals surface area contributed by atoms with E-state index in [1.807, 2.05) is 48.5 Å². The largest absolute Gasteiger partial charge is 0.496 e. The number of carbonyl (C=O) groups is 1. The molecular formula is C25H20O6. The third kappa shape index (κ3) is 2.94. The van der Waals surface area contributed by atoms with Crippen molar-refractivity contribution in [2.24, 2.45) is 0 Å². The van der Waals surface area contributed by atoms with Crippen molar-refractivity contribution in [2.45, 2.75) is 18.9 Å². The molecule has 0 N–H and O–H groups in total. The Bertz CT molecular complexity index is 1370. The molecule has 1 aromatic heterocycles. The van der Waals surface area contributed by atoms with Gasteiger partial charge in [-0.1, -0.05) is 42.5 Å². The zero-order chi connectivity index (χ0) is 21.5. The summed E-state index contributed by atoms with van der Waals surface area (Å²) in [5, 5.41) is 2.39. The lowest BCUT2D eigenvalue weighted by Crippen LogP contribution is -2.32. The highest BCUT2D eigenvalue weighted by molar-refractivity contribution is 5.94. The molecule has 2 atom stereocenters. The van der Waals surface area contributed by atoms with Crippen molar-refractivity contribution in [3.63, 3.8) is 0 Å². The minimum absolute atomic E-state index is 0.209. The van der Waals surface area contributed by atoms with Crippen LogP contribution in [-0.4, -0.2) is 25.8 Å². The van der Waals surface area contributed by atoms with Crippen LogP contribution >= 0.6 is 0 Å². The predicted molar refractivity (Wildman–Crippen MR) is 116 cm³/mol. The Morgan fingerprint density at radius 1 is 0.968 bits per heavy atom. The minimum atomic E-state index is -1.000. The monoisotopic (exact) mass is 416 g/mol. The van der Waals surface area contributed by atoms with Crippen molar-refractivity contribution in [3.05, 3.63) is 82.2 Å². The maximum absolute atomic E-state index is 13.1. The molecule has 0 aliphatic carbocycles. The Morgan fingerprint density at radius 3 is 2.42 bits per heavy atom. The molecule has 6 nitrogen and oxygen atoms in total. The quantitative estimate of drug-likeness (QED) is 0.362. The second-order valence-electron chi connectivity index (χ2n) is 7.30. The molecule has 0 unspecified atom stereocenters. The Kier molecular flexibility index (Phi) is 4.62. The number of ether oxygens (including phenoxy) is 3. The second kappa shape index (κ2) is 7.47. The minimum Gasteiger partial charge on any atom is -0.496 e. The number of carbonyl (C=O) groups excluding carboxylic acids is 1. The highest BCUT2D eigenvalue weighted by atomic mass is 16.6. The van der Waals surface area contributed by atoms with E-state index in [-0.39, 0.29) is 6.61 Å². The molecule has 1 aliphatic rings. The molecule has 0 fully saturated rings. The van der Waals surface area contributed by atoms with Gasteiger partial charge in [0, 0.05) is 5.39 Å². The van der Waals surface area contributed by atoms with E-state index < -0.39 is 23.6 Å². The van der Waals surface area contributed by atoms with Crippen LogP contribution in [0.15, 0.2) is 69.9 Å². The maximum atomic E-state index is 13.1. The van der Waals surface area contributed by atoms with Crippen LogP contribution in [-0.2, 0) is 9.53 Å². The summed E-state index contributed by atoms with van der Waals surface area (Å²) in [6.07, 6.45) is -1.000. The molecule has 4 aromatic rings. The van der Waals surface area contributed by atoms with Gasteiger partial charge in [0.15, 0.2) is 0 Å². The van der Waals surface area contributed by atoms with Crippen LogP contribution < -0.4 is 15.1 Å². The van der Waals surface area contributed by atoms with Crippen LogP contribution in [0.4, 0.5) is 0 Å². The summed E-state index contributed by atoms with van der Waals surface area (Å²) < 4.78 is 22.5. The lowest BCUT2D eigenvalue weighted by molar-refractivity contribution is -0.151. The summed E-state index contributed by atoms with van der Waals surface area (Å²) in [5.74, 6) is -0.121. The van der Waals surface area contributed by atoms with Crippen molar-refractivity contribution in [1.82, 2.24) is 0 Å². The van der Waals surface area contributed by atoms with Crippen molar-refractivity contribution in [2.75, 3.05) is 13.7 Å². The first kappa shape index (κ1) is 19.2. The number of fused-ring (bicyclic) bond motifs is 4. The molecule has 0 spiro atoms. The average molecular weight is 416 g/mol. The van der Waals surface area contributed by atoms with Crippen LogP contribution in [0.1, 0.15) is 24.0 Å². The molecule has 6 heteroatoms. The van der Waals surface area contributed by atoms with E-state index in [0.717, 1.165) is 16.3 Å². The van der Waals surface area contributed by atoms with Gasteiger partial charge in [-0.2, -0.15) is 0 Å². The standard InChI is InChI=1S/C25H20O6/c1-3-29-25(27)23-20(16-12-13-18(28-2)15-9-5-4-8-14(15)16)21-22(31-23)17-10-6-7-11-19(17)30-24(21)26/h4-13,20,23H,3H2,1-2H3/t20-,23+/m0/s1. The molecule has 156 valence electrons. The van der Waals surface area contributed by atoms with E-state index in [1.165, 1.54) is 0 Å². The second-order valence-corrected chi connectivity index (χ2v) is 7.30. The van der Waals surface area contributed by atoms with Crippen molar-refractivity contribution in [1.29, 1.82) is 0 Å². The number of rotatable bonds is 4. The fourth-order valence-electron chi connectivity index (χ4n) is 4.35. The Morgan fingerprint density at radius 2 is 1.68 bits per heavy atom. The highest BCUT2D eigenvalue weighted by Gasteiger charge is 2.45. The Hall–Kier alpha value is -3.80. The maximum Gasteiger partial charge on any atom is 0.348 e. The van der Waals surface area contributed by atoms with Gasteiger partial charge in [-0.15, -0.1) is 0 Å². The summed E-state index contributed by atoms with van der Waals surface area (Å²) in [4.78, 5) is 26.0. The van der Waals surface area contributed by atoms with Gasteiger partial charge in [-0.25, -0.2) is 9.59 Å². The summed E-state index contributed by atoms with van der Waals surface area (Å²) in [7, 11) is 1.61. The van der Waals surface area contributed by atoms with E-state index in [2.05, 4.69) is 0 Å². The molecule has 1 aliphatic heterocycles. The third-order valence-electron chi connectivity index (χ3n) is 5.65. The fourth-order valence-corrected chi connectivity index (χ4v) is 4.35. The molecule has 31 heavy (non-hydrogen) atoms. The molecule has 2 heterocycles. The van der Waals surface area contributed by atoms with Gasteiger partial charge in [-0.05, 0) is 36.1 Å². The number of benzene rings is 3. The normalized spacial score (nSPS) is 17.4. The van der Waals surface area contributed by atoms with Crippen molar-refractivity contribution < 1.29 is 23.4 Å². The van der Waals surface area contributed by atoms with Crippen molar-refractivity contribution in [3.8, 4) is 11.5 Å². The molecule has 0 saturated carbocycles. The summed E-state index contributed by atoms with van der Waals surface area (Å²) in [6, 6.07) is 18.5. The third-order valence-corrected chi connectivity index (χ3v) is 5.65. The first-order valence-electron chi connectivity index (χ1n) is 10.1. The van der Waals surface area contributed by atoms with E-state index in [4.69, 9.17) is 18.6 Å². The Balaban J connectivity index is 1.81. The topological polar surface area (TPSA) is 75.0 Å². The average Bonchev–Trinajstić information content (AvgIpc) is 3.20. The Labute approximate surface area is 178 Å². The molecular weight excluding hydrogens is 396 g/mol. The van der Waals surface area contributed by atoms with Crippen LogP contribution in [0.25, 0.3) is 21.7 Å². The molecule has 3 aromatic carbocycles. The molecule has 0 bridgehead atoms. The first-order valence-corrected chi connectivity index (χ1v) is 10.1.